The van der Waals surface area contributed by atoms with E-state index in [2.05, 4.69) is 13.8 Å². The lowest BCUT2D eigenvalue weighted by Gasteiger charge is -2.35. The Morgan fingerprint density at radius 3 is 2.27 bits per heavy atom. The third-order valence-corrected chi connectivity index (χ3v) is 4.45. The molecule has 3 nitrogen and oxygen atoms in total. The standard InChI is InChI=1S/C19H23NO2/c1-13-8-14(2)12-20(11-13)19(21)17-9-15-6-4-5-7-16(15)10-18(17)22-3/h4-7,9-10,13-14H,8,11-12H2,1-3H3/t13-,14-/m0/s1. The van der Waals surface area contributed by atoms with Gasteiger partial charge in [-0.05, 0) is 41.2 Å². The van der Waals surface area contributed by atoms with Gasteiger partial charge in [-0.25, -0.2) is 0 Å². The van der Waals surface area contributed by atoms with E-state index in [0.29, 0.717) is 23.1 Å². The molecule has 1 heterocycles. The van der Waals surface area contributed by atoms with Gasteiger partial charge in [-0.3, -0.25) is 4.79 Å². The molecule has 1 fully saturated rings. The van der Waals surface area contributed by atoms with Crippen LogP contribution in [0.4, 0.5) is 0 Å². The molecule has 0 spiro atoms. The largest absolute Gasteiger partial charge is 0.496 e. The molecular weight excluding hydrogens is 274 g/mol. The number of ether oxygens (including phenoxy) is 1. The van der Waals surface area contributed by atoms with Crippen LogP contribution >= 0.6 is 0 Å². The summed E-state index contributed by atoms with van der Waals surface area (Å²) in [6, 6.07) is 12.0. The first kappa shape index (κ1) is 14.9. The lowest BCUT2D eigenvalue weighted by atomic mass is 9.91. The number of amides is 1. The van der Waals surface area contributed by atoms with Gasteiger partial charge >= 0.3 is 0 Å². The Kier molecular flexibility index (Phi) is 4.06. The van der Waals surface area contributed by atoms with E-state index in [0.717, 1.165) is 23.9 Å². The summed E-state index contributed by atoms with van der Waals surface area (Å²) in [7, 11) is 1.63. The smallest absolute Gasteiger partial charge is 0.257 e. The van der Waals surface area contributed by atoms with Gasteiger partial charge in [0.1, 0.15) is 5.75 Å². The molecular formula is C19H23NO2. The van der Waals surface area contributed by atoms with Crippen molar-refractivity contribution >= 4 is 16.7 Å². The first-order valence-corrected chi connectivity index (χ1v) is 7.94. The highest BCUT2D eigenvalue weighted by Crippen LogP contribution is 2.29. The van der Waals surface area contributed by atoms with E-state index in [1.807, 2.05) is 41.3 Å². The monoisotopic (exact) mass is 297 g/mol. The number of rotatable bonds is 2. The summed E-state index contributed by atoms with van der Waals surface area (Å²) in [5.41, 5.74) is 0.669. The highest BCUT2D eigenvalue weighted by molar-refractivity contribution is 6.01. The Balaban J connectivity index is 1.99. The zero-order valence-corrected chi connectivity index (χ0v) is 13.5. The Bertz CT molecular complexity index is 685. The molecule has 0 aromatic heterocycles. The summed E-state index contributed by atoms with van der Waals surface area (Å²) in [5.74, 6) is 1.86. The SMILES string of the molecule is COc1cc2ccccc2cc1C(=O)N1C[C@@H](C)C[C@H](C)C1. The number of methoxy groups -OCH3 is 1. The maximum Gasteiger partial charge on any atom is 0.257 e. The minimum Gasteiger partial charge on any atom is -0.496 e. The van der Waals surface area contributed by atoms with E-state index in [1.165, 1.54) is 6.42 Å². The summed E-state index contributed by atoms with van der Waals surface area (Å²) >= 11 is 0. The summed E-state index contributed by atoms with van der Waals surface area (Å²) in [5, 5.41) is 2.17. The molecule has 0 aliphatic carbocycles. The number of benzene rings is 2. The van der Waals surface area contributed by atoms with Crippen LogP contribution in [0, 0.1) is 11.8 Å². The molecule has 0 N–H and O–H groups in total. The molecule has 1 aliphatic rings. The fourth-order valence-corrected chi connectivity index (χ4v) is 3.55. The van der Waals surface area contributed by atoms with Gasteiger partial charge < -0.3 is 9.64 Å². The van der Waals surface area contributed by atoms with Crippen LogP contribution in [-0.2, 0) is 0 Å². The Morgan fingerprint density at radius 1 is 1.09 bits per heavy atom. The van der Waals surface area contributed by atoms with Crippen LogP contribution in [0.25, 0.3) is 10.8 Å². The maximum absolute atomic E-state index is 13.0. The summed E-state index contributed by atoms with van der Waals surface area (Å²) in [6.45, 7) is 6.10. The van der Waals surface area contributed by atoms with Crippen molar-refractivity contribution in [1.82, 2.24) is 4.90 Å². The zero-order chi connectivity index (χ0) is 15.7. The van der Waals surface area contributed by atoms with Crippen LogP contribution in [0.15, 0.2) is 36.4 Å². The normalized spacial score (nSPS) is 21.9. The molecule has 1 aliphatic heterocycles. The number of likely N-dealkylation sites (tertiary alicyclic amines) is 1. The first-order chi connectivity index (χ1) is 10.6. The van der Waals surface area contributed by atoms with Crippen LogP contribution in [-0.4, -0.2) is 31.0 Å². The fraction of sp³-hybridized carbons (Fsp3) is 0.421. The van der Waals surface area contributed by atoms with Gasteiger partial charge in [-0.15, -0.1) is 0 Å². The van der Waals surface area contributed by atoms with Crippen molar-refractivity contribution in [3.8, 4) is 5.75 Å². The second kappa shape index (κ2) is 5.99. The molecule has 2 aromatic rings. The van der Waals surface area contributed by atoms with E-state index in [9.17, 15) is 4.79 Å². The number of fused-ring (bicyclic) bond motifs is 1. The molecule has 0 saturated carbocycles. The number of hydrogen-bond acceptors (Lipinski definition) is 2. The second-order valence-electron chi connectivity index (χ2n) is 6.56. The predicted octanol–water partition coefficient (Wildman–Crippen LogP) is 3.97. The lowest BCUT2D eigenvalue weighted by molar-refractivity contribution is 0.0620. The molecule has 0 bridgehead atoms. The Labute approximate surface area is 131 Å². The molecule has 1 amide bonds. The summed E-state index contributed by atoms with van der Waals surface area (Å²) < 4.78 is 5.47. The average Bonchev–Trinajstić information content (AvgIpc) is 2.52. The van der Waals surface area contributed by atoms with E-state index < -0.39 is 0 Å². The van der Waals surface area contributed by atoms with Crippen molar-refractivity contribution < 1.29 is 9.53 Å². The molecule has 1 saturated heterocycles. The lowest BCUT2D eigenvalue weighted by Crippen LogP contribution is -2.42. The average molecular weight is 297 g/mol. The van der Waals surface area contributed by atoms with Crippen LogP contribution in [0.3, 0.4) is 0 Å². The van der Waals surface area contributed by atoms with E-state index in [4.69, 9.17) is 4.74 Å². The number of nitrogens with zero attached hydrogens (tertiary/aromatic N) is 1. The fourth-order valence-electron chi connectivity index (χ4n) is 3.55. The van der Waals surface area contributed by atoms with Crippen molar-refractivity contribution in [2.75, 3.05) is 20.2 Å². The van der Waals surface area contributed by atoms with Crippen molar-refractivity contribution in [1.29, 1.82) is 0 Å². The van der Waals surface area contributed by atoms with Crippen LogP contribution in [0.5, 0.6) is 5.75 Å². The van der Waals surface area contributed by atoms with Gasteiger partial charge in [0, 0.05) is 13.1 Å². The van der Waals surface area contributed by atoms with Gasteiger partial charge in [0.25, 0.3) is 5.91 Å². The summed E-state index contributed by atoms with van der Waals surface area (Å²) in [6.07, 6.45) is 1.19. The number of hydrogen-bond donors (Lipinski definition) is 0. The summed E-state index contributed by atoms with van der Waals surface area (Å²) in [4.78, 5) is 14.9. The Morgan fingerprint density at radius 2 is 1.68 bits per heavy atom. The predicted molar refractivity (Wildman–Crippen MR) is 89.3 cm³/mol. The van der Waals surface area contributed by atoms with Crippen LogP contribution in [0.2, 0.25) is 0 Å². The van der Waals surface area contributed by atoms with Gasteiger partial charge in [0.05, 0.1) is 12.7 Å². The molecule has 3 rings (SSSR count). The van der Waals surface area contributed by atoms with Crippen molar-refractivity contribution in [3.05, 3.63) is 42.0 Å². The molecule has 0 radical (unpaired) electrons. The number of carbonyl (C=O) groups excluding carboxylic acids is 1. The third-order valence-electron chi connectivity index (χ3n) is 4.45. The van der Waals surface area contributed by atoms with Crippen molar-refractivity contribution in [2.45, 2.75) is 20.3 Å². The highest BCUT2D eigenvalue weighted by Gasteiger charge is 2.27. The minimum atomic E-state index is 0.0843. The van der Waals surface area contributed by atoms with E-state index in [-0.39, 0.29) is 5.91 Å². The number of carbonyl (C=O) groups is 1. The van der Waals surface area contributed by atoms with Gasteiger partial charge in [-0.2, -0.15) is 0 Å². The van der Waals surface area contributed by atoms with Gasteiger partial charge in [0.2, 0.25) is 0 Å². The topological polar surface area (TPSA) is 29.5 Å². The maximum atomic E-state index is 13.0. The highest BCUT2D eigenvalue weighted by atomic mass is 16.5. The van der Waals surface area contributed by atoms with Gasteiger partial charge in [-0.1, -0.05) is 38.1 Å². The number of piperidine rings is 1. The first-order valence-electron chi connectivity index (χ1n) is 7.94. The molecule has 2 atom stereocenters. The van der Waals surface area contributed by atoms with Crippen LogP contribution in [0.1, 0.15) is 30.6 Å². The molecule has 116 valence electrons. The second-order valence-corrected chi connectivity index (χ2v) is 6.56. The van der Waals surface area contributed by atoms with E-state index >= 15 is 0 Å². The third kappa shape index (κ3) is 2.80. The minimum absolute atomic E-state index is 0.0843. The quantitative estimate of drug-likeness (QED) is 0.839. The van der Waals surface area contributed by atoms with Gasteiger partial charge in [0.15, 0.2) is 0 Å². The molecule has 3 heteroatoms. The Hall–Kier alpha value is -2.03. The van der Waals surface area contributed by atoms with Crippen molar-refractivity contribution in [2.24, 2.45) is 11.8 Å². The van der Waals surface area contributed by atoms with E-state index in [1.54, 1.807) is 7.11 Å². The van der Waals surface area contributed by atoms with Crippen LogP contribution < -0.4 is 4.74 Å². The molecule has 2 aromatic carbocycles. The van der Waals surface area contributed by atoms with Crippen molar-refractivity contribution in [3.63, 3.8) is 0 Å². The molecule has 22 heavy (non-hydrogen) atoms. The molecule has 0 unspecified atom stereocenters. The zero-order valence-electron chi connectivity index (χ0n) is 13.5.